The fraction of sp³-hybridized carbons (Fsp3) is 0.154. The molecule has 0 aliphatic heterocycles. The molecule has 0 aliphatic carbocycles. The van der Waals surface area contributed by atoms with Gasteiger partial charge < -0.3 is 5.73 Å². The standard InChI is InChI=1S/C13H10ClFN2S/c1-2-8-12(17)11(6-16)18-13(8)9-4-3-7(14)5-10(9)15/h3-5H,2,17H2,1H3. The van der Waals surface area contributed by atoms with Crippen LogP contribution in [0, 0.1) is 17.1 Å². The topological polar surface area (TPSA) is 49.8 Å². The molecule has 92 valence electrons. The summed E-state index contributed by atoms with van der Waals surface area (Å²) in [5, 5.41) is 9.32. The van der Waals surface area contributed by atoms with Gasteiger partial charge in [-0.05, 0) is 30.2 Å². The van der Waals surface area contributed by atoms with Gasteiger partial charge in [-0.1, -0.05) is 18.5 Å². The highest BCUT2D eigenvalue weighted by Gasteiger charge is 2.18. The smallest absolute Gasteiger partial charge is 0.133 e. The summed E-state index contributed by atoms with van der Waals surface area (Å²) >= 11 is 6.94. The zero-order valence-electron chi connectivity index (χ0n) is 9.63. The average Bonchev–Trinajstić information content (AvgIpc) is 2.65. The Balaban J connectivity index is 2.68. The Labute approximate surface area is 113 Å². The highest BCUT2D eigenvalue weighted by Crippen LogP contribution is 2.40. The lowest BCUT2D eigenvalue weighted by atomic mass is 10.1. The Morgan fingerprint density at radius 1 is 1.50 bits per heavy atom. The van der Waals surface area contributed by atoms with Gasteiger partial charge in [-0.15, -0.1) is 11.3 Å². The Hall–Kier alpha value is -1.57. The number of halogens is 2. The molecule has 2 aromatic rings. The predicted molar refractivity (Wildman–Crippen MR) is 73.2 cm³/mol. The molecule has 0 spiro atoms. The van der Waals surface area contributed by atoms with Crippen molar-refractivity contribution in [2.75, 3.05) is 5.73 Å². The van der Waals surface area contributed by atoms with Crippen molar-refractivity contribution in [3.8, 4) is 16.5 Å². The molecule has 0 saturated carbocycles. The third kappa shape index (κ3) is 2.07. The molecule has 2 N–H and O–H groups in total. The van der Waals surface area contributed by atoms with Gasteiger partial charge in [0.25, 0.3) is 0 Å². The van der Waals surface area contributed by atoms with Crippen molar-refractivity contribution in [1.29, 1.82) is 5.26 Å². The van der Waals surface area contributed by atoms with Gasteiger partial charge in [-0.25, -0.2) is 4.39 Å². The van der Waals surface area contributed by atoms with Crippen LogP contribution < -0.4 is 5.73 Å². The van der Waals surface area contributed by atoms with Crippen LogP contribution in [0.1, 0.15) is 17.4 Å². The second-order valence-corrected chi connectivity index (χ2v) is 5.20. The van der Waals surface area contributed by atoms with E-state index in [-0.39, 0.29) is 0 Å². The fourth-order valence-electron chi connectivity index (χ4n) is 1.80. The van der Waals surface area contributed by atoms with E-state index in [4.69, 9.17) is 22.6 Å². The summed E-state index contributed by atoms with van der Waals surface area (Å²) < 4.78 is 13.9. The minimum Gasteiger partial charge on any atom is -0.397 e. The van der Waals surface area contributed by atoms with Gasteiger partial charge >= 0.3 is 0 Å². The number of anilines is 1. The van der Waals surface area contributed by atoms with E-state index < -0.39 is 5.82 Å². The molecular formula is C13H10ClFN2S. The number of nitriles is 1. The maximum Gasteiger partial charge on any atom is 0.133 e. The van der Waals surface area contributed by atoms with E-state index in [0.29, 0.717) is 32.4 Å². The first-order valence-corrected chi connectivity index (χ1v) is 6.54. The number of nitrogens with zero attached hydrogens (tertiary/aromatic N) is 1. The summed E-state index contributed by atoms with van der Waals surface area (Å²) in [6.45, 7) is 1.93. The van der Waals surface area contributed by atoms with E-state index >= 15 is 0 Å². The summed E-state index contributed by atoms with van der Waals surface area (Å²) in [5.74, 6) is -0.400. The number of benzene rings is 1. The van der Waals surface area contributed by atoms with Crippen LogP contribution in [-0.2, 0) is 6.42 Å². The number of rotatable bonds is 2. The molecule has 0 fully saturated rings. The van der Waals surface area contributed by atoms with Gasteiger partial charge in [0, 0.05) is 15.5 Å². The Morgan fingerprint density at radius 2 is 2.22 bits per heavy atom. The fourth-order valence-corrected chi connectivity index (χ4v) is 3.10. The molecule has 0 radical (unpaired) electrons. The van der Waals surface area contributed by atoms with Crippen LogP contribution >= 0.6 is 22.9 Å². The van der Waals surface area contributed by atoms with E-state index in [2.05, 4.69) is 0 Å². The highest BCUT2D eigenvalue weighted by molar-refractivity contribution is 7.16. The van der Waals surface area contributed by atoms with Crippen LogP contribution in [0.4, 0.5) is 10.1 Å². The Morgan fingerprint density at radius 3 is 2.78 bits per heavy atom. The number of hydrogen-bond donors (Lipinski definition) is 1. The zero-order chi connectivity index (χ0) is 13.3. The SMILES string of the molecule is CCc1c(-c2ccc(Cl)cc2F)sc(C#N)c1N. The third-order valence-corrected chi connectivity index (χ3v) is 4.10. The zero-order valence-corrected chi connectivity index (χ0v) is 11.2. The van der Waals surface area contributed by atoms with Gasteiger partial charge in [-0.2, -0.15) is 5.26 Å². The van der Waals surface area contributed by atoms with Crippen molar-refractivity contribution in [3.63, 3.8) is 0 Å². The van der Waals surface area contributed by atoms with Gasteiger partial charge in [0.15, 0.2) is 0 Å². The second kappa shape index (κ2) is 4.97. The monoisotopic (exact) mass is 280 g/mol. The van der Waals surface area contributed by atoms with Crippen molar-refractivity contribution < 1.29 is 4.39 Å². The van der Waals surface area contributed by atoms with Crippen LogP contribution in [0.15, 0.2) is 18.2 Å². The number of thiophene rings is 1. The van der Waals surface area contributed by atoms with Crippen molar-refractivity contribution >= 4 is 28.6 Å². The lowest BCUT2D eigenvalue weighted by Gasteiger charge is -2.04. The first-order valence-electron chi connectivity index (χ1n) is 5.35. The largest absolute Gasteiger partial charge is 0.397 e. The first-order chi connectivity index (χ1) is 8.58. The molecule has 18 heavy (non-hydrogen) atoms. The van der Waals surface area contributed by atoms with Crippen LogP contribution in [0.5, 0.6) is 0 Å². The van der Waals surface area contributed by atoms with Crippen LogP contribution in [0.25, 0.3) is 10.4 Å². The van der Waals surface area contributed by atoms with Crippen molar-refractivity contribution in [2.45, 2.75) is 13.3 Å². The van der Waals surface area contributed by atoms with Gasteiger partial charge in [0.1, 0.15) is 16.8 Å². The molecule has 0 saturated heterocycles. The Bertz CT molecular complexity index is 643. The second-order valence-electron chi connectivity index (χ2n) is 3.74. The summed E-state index contributed by atoms with van der Waals surface area (Å²) in [4.78, 5) is 1.14. The lowest BCUT2D eigenvalue weighted by molar-refractivity contribution is 0.631. The van der Waals surface area contributed by atoms with Crippen LogP contribution in [0.2, 0.25) is 5.02 Å². The maximum absolute atomic E-state index is 13.9. The van der Waals surface area contributed by atoms with Crippen LogP contribution in [-0.4, -0.2) is 0 Å². The highest BCUT2D eigenvalue weighted by atomic mass is 35.5. The number of nitrogen functional groups attached to an aromatic ring is 1. The van der Waals surface area contributed by atoms with E-state index in [1.54, 1.807) is 12.1 Å². The van der Waals surface area contributed by atoms with E-state index in [1.165, 1.54) is 17.4 Å². The molecule has 0 unspecified atom stereocenters. The lowest BCUT2D eigenvalue weighted by Crippen LogP contribution is -1.92. The minimum absolute atomic E-state index is 0.347. The molecule has 0 bridgehead atoms. The summed E-state index contributed by atoms with van der Waals surface area (Å²) in [7, 11) is 0. The van der Waals surface area contributed by atoms with Gasteiger partial charge in [0.05, 0.1) is 5.69 Å². The van der Waals surface area contributed by atoms with E-state index in [0.717, 1.165) is 5.56 Å². The number of nitrogens with two attached hydrogens (primary N) is 1. The normalized spacial score (nSPS) is 10.3. The molecule has 1 heterocycles. The Kier molecular flexibility index (Phi) is 3.55. The summed E-state index contributed by atoms with van der Waals surface area (Å²) in [6.07, 6.45) is 0.654. The predicted octanol–water partition coefficient (Wildman–Crippen LogP) is 4.22. The van der Waals surface area contributed by atoms with Crippen molar-refractivity contribution in [1.82, 2.24) is 0 Å². The quantitative estimate of drug-likeness (QED) is 0.895. The van der Waals surface area contributed by atoms with Crippen molar-refractivity contribution in [3.05, 3.63) is 39.5 Å². The molecule has 1 aromatic carbocycles. The summed E-state index contributed by atoms with van der Waals surface area (Å²) in [6, 6.07) is 6.54. The van der Waals surface area contributed by atoms with E-state index in [1.807, 2.05) is 13.0 Å². The average molecular weight is 281 g/mol. The summed E-state index contributed by atoms with van der Waals surface area (Å²) in [5.41, 5.74) is 7.59. The minimum atomic E-state index is -0.400. The molecule has 5 heteroatoms. The molecule has 0 aliphatic rings. The number of hydrogen-bond acceptors (Lipinski definition) is 3. The molecule has 2 nitrogen and oxygen atoms in total. The van der Waals surface area contributed by atoms with Gasteiger partial charge in [-0.3, -0.25) is 0 Å². The molecule has 0 atom stereocenters. The third-order valence-electron chi connectivity index (χ3n) is 2.68. The molecular weight excluding hydrogens is 271 g/mol. The van der Waals surface area contributed by atoms with Crippen LogP contribution in [0.3, 0.4) is 0 Å². The molecule has 1 aromatic heterocycles. The van der Waals surface area contributed by atoms with E-state index in [9.17, 15) is 4.39 Å². The van der Waals surface area contributed by atoms with Gasteiger partial charge in [0.2, 0.25) is 0 Å². The van der Waals surface area contributed by atoms with Crippen molar-refractivity contribution in [2.24, 2.45) is 0 Å². The molecule has 2 rings (SSSR count). The first kappa shape index (κ1) is 12.9. The maximum atomic E-state index is 13.9. The molecule has 0 amide bonds.